The van der Waals surface area contributed by atoms with Crippen LogP contribution in [0.2, 0.25) is 0 Å². The number of hydrogen-bond donors (Lipinski definition) is 3. The molecule has 1 fully saturated rings. The fourth-order valence-electron chi connectivity index (χ4n) is 2.70. The van der Waals surface area contributed by atoms with E-state index in [2.05, 4.69) is 14.7 Å². The zero-order valence-electron chi connectivity index (χ0n) is 15.0. The highest BCUT2D eigenvalue weighted by Gasteiger charge is 2.30. The molecular weight excluding hydrogens is 406 g/mol. The van der Waals surface area contributed by atoms with Crippen molar-refractivity contribution in [3.63, 3.8) is 0 Å². The van der Waals surface area contributed by atoms with Crippen LogP contribution in [0.5, 0.6) is 0 Å². The Hall–Kier alpha value is -3.12. The molecule has 1 aliphatic heterocycles. The van der Waals surface area contributed by atoms with Crippen molar-refractivity contribution in [2.75, 3.05) is 23.6 Å². The molecular formula is C17H18F2N6O3S. The molecule has 1 aliphatic rings. The minimum absolute atomic E-state index is 0.00896. The zero-order chi connectivity index (χ0) is 21.0. The van der Waals surface area contributed by atoms with Gasteiger partial charge in [-0.1, -0.05) is 0 Å². The Morgan fingerprint density at radius 3 is 2.79 bits per heavy atom. The third-order valence-electron chi connectivity index (χ3n) is 3.99. The highest BCUT2D eigenvalue weighted by molar-refractivity contribution is 7.84. The number of halogens is 2. The van der Waals surface area contributed by atoms with Crippen molar-refractivity contribution in [3.8, 4) is 0 Å². The van der Waals surface area contributed by atoms with E-state index in [1.165, 1.54) is 23.1 Å². The zero-order valence-corrected chi connectivity index (χ0v) is 15.9. The van der Waals surface area contributed by atoms with Crippen molar-refractivity contribution in [3.05, 3.63) is 53.9 Å². The topological polar surface area (TPSA) is 136 Å². The summed E-state index contributed by atoms with van der Waals surface area (Å²) in [6, 6.07) is 6.20. The fourth-order valence-corrected chi connectivity index (χ4v) is 3.72. The first-order chi connectivity index (χ1) is 13.8. The second kappa shape index (κ2) is 8.92. The first-order valence-corrected chi connectivity index (χ1v) is 9.59. The summed E-state index contributed by atoms with van der Waals surface area (Å²) in [4.78, 5) is 17.4. The van der Waals surface area contributed by atoms with Gasteiger partial charge in [-0.05, 0) is 30.3 Å². The number of nitrogens with zero attached hydrogens (tertiary/aromatic N) is 3. The molecule has 12 heteroatoms. The molecule has 29 heavy (non-hydrogen) atoms. The number of anilines is 2. The summed E-state index contributed by atoms with van der Waals surface area (Å²) < 4.78 is 48.9. The van der Waals surface area contributed by atoms with Gasteiger partial charge in [0.1, 0.15) is 29.4 Å². The molecule has 2 heterocycles. The number of nitrogens with one attached hydrogen (secondary N) is 1. The summed E-state index contributed by atoms with van der Waals surface area (Å²) >= 11 is 0. The number of pyridine rings is 1. The molecule has 2 aromatic rings. The molecule has 154 valence electrons. The molecule has 3 rings (SSSR count). The van der Waals surface area contributed by atoms with Gasteiger partial charge in [0.2, 0.25) is 0 Å². The summed E-state index contributed by atoms with van der Waals surface area (Å²) in [5, 5.41) is 1.84. The number of rotatable bonds is 5. The summed E-state index contributed by atoms with van der Waals surface area (Å²) in [5.41, 5.74) is 10.9. The Balaban J connectivity index is 1.85. The SMILES string of the molecule is NC(N)=NS(=O)C1CCOCN1c1cc(NC(=O)c2ccc(F)cn2)ccc1F. The number of carbonyl (C=O) groups excluding carboxylic acids is 1. The number of nitrogens with two attached hydrogens (primary N) is 2. The largest absolute Gasteiger partial charge is 0.369 e. The number of aromatic nitrogens is 1. The summed E-state index contributed by atoms with van der Waals surface area (Å²) in [5.74, 6) is -2.13. The Labute approximate surface area is 167 Å². The maximum atomic E-state index is 14.5. The second-order valence-corrected chi connectivity index (χ2v) is 7.30. The molecule has 1 aromatic heterocycles. The standard InChI is InChI=1S/C17H18F2N6O3S/c18-10-1-4-13(22-8-10)16(26)23-11-2-3-12(19)14(7-11)25-9-28-6-5-15(25)29(27)24-17(20)21/h1-4,7-8,15H,5-6,9H2,(H,23,26)(H4,20,21,24). The van der Waals surface area contributed by atoms with Gasteiger partial charge < -0.3 is 26.4 Å². The van der Waals surface area contributed by atoms with Crippen LogP contribution in [0, 0.1) is 11.6 Å². The molecule has 2 unspecified atom stereocenters. The minimum atomic E-state index is -1.84. The van der Waals surface area contributed by atoms with E-state index in [0.29, 0.717) is 13.0 Å². The van der Waals surface area contributed by atoms with Crippen LogP contribution in [-0.2, 0) is 15.7 Å². The molecule has 5 N–H and O–H groups in total. The van der Waals surface area contributed by atoms with Gasteiger partial charge in [0, 0.05) is 12.1 Å². The fraction of sp³-hybridized carbons (Fsp3) is 0.235. The van der Waals surface area contributed by atoms with Crippen molar-refractivity contribution in [1.82, 2.24) is 4.98 Å². The van der Waals surface area contributed by atoms with Crippen molar-refractivity contribution in [2.45, 2.75) is 11.8 Å². The molecule has 1 amide bonds. The number of hydrogen-bond acceptors (Lipinski definition) is 5. The van der Waals surface area contributed by atoms with Gasteiger partial charge in [0.25, 0.3) is 5.91 Å². The van der Waals surface area contributed by atoms with Crippen LogP contribution in [0.3, 0.4) is 0 Å². The van der Waals surface area contributed by atoms with Crippen LogP contribution < -0.4 is 21.7 Å². The third kappa shape index (κ3) is 5.03. The molecule has 0 radical (unpaired) electrons. The van der Waals surface area contributed by atoms with Gasteiger partial charge in [-0.25, -0.2) is 18.0 Å². The monoisotopic (exact) mass is 424 g/mol. The minimum Gasteiger partial charge on any atom is -0.369 e. The van der Waals surface area contributed by atoms with Gasteiger partial charge in [-0.2, -0.15) is 4.40 Å². The lowest BCUT2D eigenvalue weighted by Crippen LogP contribution is -2.45. The highest BCUT2D eigenvalue weighted by atomic mass is 32.2. The number of benzene rings is 1. The average molecular weight is 424 g/mol. The highest BCUT2D eigenvalue weighted by Crippen LogP contribution is 2.29. The Kier molecular flexibility index (Phi) is 6.34. The first-order valence-electron chi connectivity index (χ1n) is 8.42. The van der Waals surface area contributed by atoms with Crippen molar-refractivity contribution in [1.29, 1.82) is 0 Å². The van der Waals surface area contributed by atoms with E-state index < -0.39 is 33.9 Å². The molecule has 1 saturated heterocycles. The molecule has 0 spiro atoms. The van der Waals surface area contributed by atoms with Gasteiger partial charge >= 0.3 is 0 Å². The lowest BCUT2D eigenvalue weighted by molar-refractivity contribution is 0.100. The number of guanidine groups is 1. The maximum Gasteiger partial charge on any atom is 0.274 e. The van der Waals surface area contributed by atoms with Crippen molar-refractivity contribution in [2.24, 2.45) is 15.9 Å². The van der Waals surface area contributed by atoms with Crippen LogP contribution in [0.25, 0.3) is 0 Å². The molecule has 0 aliphatic carbocycles. The molecule has 9 nitrogen and oxygen atoms in total. The molecule has 1 aromatic carbocycles. The maximum absolute atomic E-state index is 14.5. The summed E-state index contributed by atoms with van der Waals surface area (Å²) in [7, 11) is -1.84. The second-order valence-electron chi connectivity index (χ2n) is 6.02. The van der Waals surface area contributed by atoms with E-state index in [1.807, 2.05) is 0 Å². The summed E-state index contributed by atoms with van der Waals surface area (Å²) in [6.07, 6.45) is 1.22. The molecule has 2 atom stereocenters. The molecule has 0 bridgehead atoms. The van der Waals surface area contributed by atoms with Crippen molar-refractivity contribution < 1.29 is 22.5 Å². The lowest BCUT2D eigenvalue weighted by Gasteiger charge is -2.35. The van der Waals surface area contributed by atoms with Gasteiger partial charge in [-0.15, -0.1) is 0 Å². The van der Waals surface area contributed by atoms with Crippen LogP contribution >= 0.6 is 0 Å². The molecule has 0 saturated carbocycles. The van der Waals surface area contributed by atoms with Crippen LogP contribution in [-0.4, -0.2) is 39.8 Å². The number of carbonyl (C=O) groups is 1. The Bertz CT molecular complexity index is 953. The van der Waals surface area contributed by atoms with Crippen molar-refractivity contribution >= 4 is 34.2 Å². The van der Waals surface area contributed by atoms with Crippen LogP contribution in [0.15, 0.2) is 40.9 Å². The van der Waals surface area contributed by atoms with E-state index in [4.69, 9.17) is 16.2 Å². The first kappa shape index (κ1) is 20.6. The smallest absolute Gasteiger partial charge is 0.274 e. The Morgan fingerprint density at radius 1 is 1.31 bits per heavy atom. The van der Waals surface area contributed by atoms with E-state index in [0.717, 1.165) is 18.3 Å². The predicted molar refractivity (Wildman–Crippen MR) is 104 cm³/mol. The number of ether oxygens (including phenoxy) is 1. The average Bonchev–Trinajstić information content (AvgIpc) is 2.69. The summed E-state index contributed by atoms with van der Waals surface area (Å²) in [6.45, 7) is 0.269. The van der Waals surface area contributed by atoms with E-state index >= 15 is 0 Å². The van der Waals surface area contributed by atoms with Gasteiger partial charge in [-0.3, -0.25) is 4.79 Å². The quantitative estimate of drug-likeness (QED) is 0.482. The Morgan fingerprint density at radius 2 is 2.10 bits per heavy atom. The van der Waals surface area contributed by atoms with Gasteiger partial charge in [0.15, 0.2) is 16.9 Å². The van der Waals surface area contributed by atoms with Gasteiger partial charge in [0.05, 0.1) is 18.5 Å². The van der Waals surface area contributed by atoms with E-state index in [1.54, 1.807) is 0 Å². The van der Waals surface area contributed by atoms with E-state index in [9.17, 15) is 17.8 Å². The predicted octanol–water partition coefficient (Wildman–Crippen LogP) is 1.06. The van der Waals surface area contributed by atoms with Crippen LogP contribution in [0.4, 0.5) is 20.2 Å². The van der Waals surface area contributed by atoms with Crippen LogP contribution in [0.1, 0.15) is 16.9 Å². The third-order valence-corrected chi connectivity index (χ3v) is 5.34. The normalized spacial score (nSPS) is 17.4. The van der Waals surface area contributed by atoms with E-state index in [-0.39, 0.29) is 29.8 Å². The number of amides is 1. The lowest BCUT2D eigenvalue weighted by atomic mass is 10.2.